The summed E-state index contributed by atoms with van der Waals surface area (Å²) in [5.74, 6) is 1.80. The van der Waals surface area contributed by atoms with E-state index in [1.54, 1.807) is 26.0 Å². The molecule has 1 N–H and O–H groups in total. The van der Waals surface area contributed by atoms with Gasteiger partial charge >= 0.3 is 0 Å². The predicted molar refractivity (Wildman–Crippen MR) is 83.5 cm³/mol. The van der Waals surface area contributed by atoms with Gasteiger partial charge in [0.2, 0.25) is 5.91 Å². The van der Waals surface area contributed by atoms with E-state index in [0.717, 1.165) is 23.5 Å². The van der Waals surface area contributed by atoms with E-state index in [4.69, 9.17) is 9.47 Å². The average Bonchev–Trinajstić information content (AvgIpc) is 2.47. The lowest BCUT2D eigenvalue weighted by Crippen LogP contribution is -2.34. The van der Waals surface area contributed by atoms with Crippen molar-refractivity contribution >= 4 is 17.7 Å². The molecule has 0 radical (unpaired) electrons. The fourth-order valence-corrected chi connectivity index (χ4v) is 2.31. The van der Waals surface area contributed by atoms with Crippen molar-refractivity contribution in [2.45, 2.75) is 18.9 Å². The van der Waals surface area contributed by atoms with Gasteiger partial charge < -0.3 is 14.8 Å². The Morgan fingerprint density at radius 2 is 2.20 bits per heavy atom. The molecule has 0 aliphatic heterocycles. The maximum absolute atomic E-state index is 11.9. The summed E-state index contributed by atoms with van der Waals surface area (Å²) in [5.41, 5.74) is 0.944. The van der Waals surface area contributed by atoms with Crippen LogP contribution in [0, 0.1) is 0 Å². The molecule has 0 aliphatic rings. The van der Waals surface area contributed by atoms with E-state index in [9.17, 15) is 4.79 Å². The molecule has 5 heteroatoms. The molecule has 0 heterocycles. The Bertz CT molecular complexity index is 412. The third-order valence-electron chi connectivity index (χ3n) is 3.00. The summed E-state index contributed by atoms with van der Waals surface area (Å²) in [5, 5.41) is 2.91. The molecular weight excluding hydrogens is 274 g/mol. The van der Waals surface area contributed by atoms with E-state index in [1.807, 2.05) is 24.3 Å². The van der Waals surface area contributed by atoms with E-state index < -0.39 is 0 Å². The molecule has 0 saturated carbocycles. The van der Waals surface area contributed by atoms with Gasteiger partial charge in [0.25, 0.3) is 0 Å². The number of hydrogen-bond donors (Lipinski definition) is 1. The highest BCUT2D eigenvalue weighted by Crippen LogP contribution is 2.12. The molecule has 112 valence electrons. The zero-order valence-corrected chi connectivity index (χ0v) is 13.2. The minimum atomic E-state index is 0.00412. The monoisotopic (exact) mass is 297 g/mol. The summed E-state index contributed by atoms with van der Waals surface area (Å²) in [6.45, 7) is 0.555. The van der Waals surface area contributed by atoms with Crippen LogP contribution < -0.4 is 10.1 Å². The molecule has 1 amide bonds. The van der Waals surface area contributed by atoms with Gasteiger partial charge in [-0.25, -0.2) is 0 Å². The number of ether oxygens (including phenoxy) is 2. The maximum atomic E-state index is 11.9. The molecule has 4 nitrogen and oxygen atoms in total. The maximum Gasteiger partial charge on any atom is 0.224 e. The number of rotatable bonds is 9. The van der Waals surface area contributed by atoms with Crippen LogP contribution in [0.25, 0.3) is 0 Å². The highest BCUT2D eigenvalue weighted by molar-refractivity contribution is 7.98. The lowest BCUT2D eigenvalue weighted by atomic mass is 10.1. The van der Waals surface area contributed by atoms with Crippen LogP contribution in [0.1, 0.15) is 12.0 Å². The van der Waals surface area contributed by atoms with Gasteiger partial charge in [-0.1, -0.05) is 12.1 Å². The molecule has 0 spiro atoms. The van der Waals surface area contributed by atoms with Crippen LogP contribution in [-0.4, -0.2) is 44.8 Å². The van der Waals surface area contributed by atoms with Gasteiger partial charge in [0.05, 0.1) is 19.6 Å². The van der Waals surface area contributed by atoms with Gasteiger partial charge in [0.15, 0.2) is 0 Å². The molecule has 0 bridgehead atoms. The number of benzene rings is 1. The van der Waals surface area contributed by atoms with Gasteiger partial charge in [-0.2, -0.15) is 11.8 Å². The number of amides is 1. The molecule has 0 aromatic heterocycles. The van der Waals surface area contributed by atoms with Crippen molar-refractivity contribution < 1.29 is 14.3 Å². The normalized spacial score (nSPS) is 11.9. The molecule has 1 aromatic carbocycles. The number of carbonyl (C=O) groups is 1. The fourth-order valence-electron chi connectivity index (χ4n) is 1.81. The summed E-state index contributed by atoms with van der Waals surface area (Å²) >= 11 is 1.78. The summed E-state index contributed by atoms with van der Waals surface area (Å²) in [6, 6.07) is 7.55. The van der Waals surface area contributed by atoms with Crippen LogP contribution >= 0.6 is 11.8 Å². The lowest BCUT2D eigenvalue weighted by Gasteiger charge is -2.15. The second kappa shape index (κ2) is 9.66. The van der Waals surface area contributed by atoms with Crippen LogP contribution in [0.5, 0.6) is 5.75 Å². The topological polar surface area (TPSA) is 47.6 Å². The second-order valence-electron chi connectivity index (χ2n) is 4.47. The number of hydrogen-bond acceptors (Lipinski definition) is 4. The van der Waals surface area contributed by atoms with E-state index in [0.29, 0.717) is 13.0 Å². The van der Waals surface area contributed by atoms with E-state index >= 15 is 0 Å². The Hall–Kier alpha value is -1.20. The van der Waals surface area contributed by atoms with Crippen LogP contribution in [-0.2, 0) is 16.0 Å². The standard InChI is InChI=1S/C15H23NO3S/c1-18-13-6-4-5-12(9-13)10-15(17)16-11-14(19-2)7-8-20-3/h4-6,9,14H,7-8,10-11H2,1-3H3,(H,16,17). The Kier molecular flexibility index (Phi) is 8.14. The minimum Gasteiger partial charge on any atom is -0.497 e. The number of methoxy groups -OCH3 is 2. The average molecular weight is 297 g/mol. The SMILES string of the molecule is COc1cccc(CC(=O)NCC(CCSC)OC)c1. The van der Waals surface area contributed by atoms with Crippen molar-refractivity contribution in [2.24, 2.45) is 0 Å². The molecule has 1 rings (SSSR count). The lowest BCUT2D eigenvalue weighted by molar-refractivity contribution is -0.121. The van der Waals surface area contributed by atoms with Gasteiger partial charge in [-0.05, 0) is 36.1 Å². The van der Waals surface area contributed by atoms with Gasteiger partial charge in [0, 0.05) is 13.7 Å². The van der Waals surface area contributed by atoms with Crippen molar-refractivity contribution in [1.82, 2.24) is 5.32 Å². The van der Waals surface area contributed by atoms with Crippen molar-refractivity contribution in [1.29, 1.82) is 0 Å². The smallest absolute Gasteiger partial charge is 0.224 e. The zero-order chi connectivity index (χ0) is 14.8. The Labute approximate surface area is 125 Å². The molecule has 0 fully saturated rings. The zero-order valence-electron chi connectivity index (χ0n) is 12.3. The Morgan fingerprint density at radius 1 is 1.40 bits per heavy atom. The summed E-state index contributed by atoms with van der Waals surface area (Å²) in [7, 11) is 3.30. The van der Waals surface area contributed by atoms with Gasteiger partial charge in [-0.3, -0.25) is 4.79 Å². The highest BCUT2D eigenvalue weighted by Gasteiger charge is 2.10. The first-order chi connectivity index (χ1) is 9.69. The van der Waals surface area contributed by atoms with Gasteiger partial charge in [-0.15, -0.1) is 0 Å². The van der Waals surface area contributed by atoms with Crippen molar-refractivity contribution in [3.8, 4) is 5.75 Å². The molecule has 20 heavy (non-hydrogen) atoms. The Morgan fingerprint density at radius 3 is 2.85 bits per heavy atom. The van der Waals surface area contributed by atoms with Gasteiger partial charge in [0.1, 0.15) is 5.75 Å². The summed E-state index contributed by atoms with van der Waals surface area (Å²) in [4.78, 5) is 11.9. The van der Waals surface area contributed by atoms with Crippen molar-refractivity contribution in [3.63, 3.8) is 0 Å². The molecule has 1 atom stereocenters. The van der Waals surface area contributed by atoms with Crippen molar-refractivity contribution in [3.05, 3.63) is 29.8 Å². The first kappa shape index (κ1) is 16.9. The quantitative estimate of drug-likeness (QED) is 0.758. The molecule has 0 aliphatic carbocycles. The van der Waals surface area contributed by atoms with Crippen LogP contribution in [0.3, 0.4) is 0 Å². The van der Waals surface area contributed by atoms with E-state index in [1.165, 1.54) is 0 Å². The number of nitrogens with one attached hydrogen (secondary N) is 1. The molecule has 0 saturated heterocycles. The van der Waals surface area contributed by atoms with Crippen molar-refractivity contribution in [2.75, 3.05) is 32.8 Å². The first-order valence-corrected chi connectivity index (χ1v) is 8.00. The summed E-state index contributed by atoms with van der Waals surface area (Å²) in [6.07, 6.45) is 3.44. The minimum absolute atomic E-state index is 0.00412. The van der Waals surface area contributed by atoms with E-state index in [-0.39, 0.29) is 12.0 Å². The number of carbonyl (C=O) groups excluding carboxylic acids is 1. The summed E-state index contributed by atoms with van der Waals surface area (Å²) < 4.78 is 10.5. The van der Waals surface area contributed by atoms with Crippen LogP contribution in [0.2, 0.25) is 0 Å². The molecular formula is C15H23NO3S. The molecule has 1 aromatic rings. The predicted octanol–water partition coefficient (Wildman–Crippen LogP) is 2.12. The van der Waals surface area contributed by atoms with Crippen LogP contribution in [0.15, 0.2) is 24.3 Å². The second-order valence-corrected chi connectivity index (χ2v) is 5.46. The largest absolute Gasteiger partial charge is 0.497 e. The third kappa shape index (κ3) is 6.30. The highest BCUT2D eigenvalue weighted by atomic mass is 32.2. The number of thioether (sulfide) groups is 1. The first-order valence-electron chi connectivity index (χ1n) is 6.61. The van der Waals surface area contributed by atoms with E-state index in [2.05, 4.69) is 11.6 Å². The third-order valence-corrected chi connectivity index (χ3v) is 3.65. The molecule has 1 unspecified atom stereocenters. The Balaban J connectivity index is 2.38. The van der Waals surface area contributed by atoms with Crippen LogP contribution in [0.4, 0.5) is 0 Å². The fraction of sp³-hybridized carbons (Fsp3) is 0.533.